The number of carbonyl (C=O) groups is 1. The van der Waals surface area contributed by atoms with E-state index in [0.29, 0.717) is 12.1 Å². The van der Waals surface area contributed by atoms with E-state index in [1.54, 1.807) is 0 Å². The van der Waals surface area contributed by atoms with Crippen LogP contribution in [0.25, 0.3) is 0 Å². The number of ketones is 1. The van der Waals surface area contributed by atoms with Gasteiger partial charge in [0.25, 0.3) is 5.69 Å². The van der Waals surface area contributed by atoms with Crippen molar-refractivity contribution in [3.8, 4) is 0 Å². The van der Waals surface area contributed by atoms with Gasteiger partial charge in [-0.3, -0.25) is 14.9 Å². The van der Waals surface area contributed by atoms with Crippen LogP contribution in [0.3, 0.4) is 0 Å². The van der Waals surface area contributed by atoms with Crippen LogP contribution in [0.5, 0.6) is 0 Å². The Morgan fingerprint density at radius 2 is 1.94 bits per heavy atom. The molecule has 0 saturated carbocycles. The number of nitrogens with zero attached hydrogens (tertiary/aromatic N) is 1. The smallest absolute Gasteiger partial charge is 0.294 e. The molecule has 0 fully saturated rings. The Kier molecular flexibility index (Phi) is 3.73. The highest BCUT2D eigenvalue weighted by atomic mass is 19.4. The molecule has 7 heteroatoms. The second-order valence-electron chi connectivity index (χ2n) is 3.69. The largest absolute Gasteiger partial charge is 0.417 e. The summed E-state index contributed by atoms with van der Waals surface area (Å²) in [6.45, 7) is 2.45. The summed E-state index contributed by atoms with van der Waals surface area (Å²) in [5.74, 6) is -0.854. The van der Waals surface area contributed by atoms with E-state index in [0.717, 1.165) is 6.92 Å². The van der Waals surface area contributed by atoms with Crippen LogP contribution in [0.1, 0.15) is 35.3 Å². The monoisotopic (exact) mass is 261 g/mol. The van der Waals surface area contributed by atoms with E-state index < -0.39 is 33.7 Å². The summed E-state index contributed by atoms with van der Waals surface area (Å²) >= 11 is 0. The van der Waals surface area contributed by atoms with Crippen LogP contribution in [-0.4, -0.2) is 10.7 Å². The average Bonchev–Trinajstić information content (AvgIpc) is 2.25. The van der Waals surface area contributed by atoms with Crippen molar-refractivity contribution in [3.63, 3.8) is 0 Å². The SMILES string of the molecule is CCc1cc(C(F)(F)F)c(C(C)=O)cc1[N+](=O)[O-]. The van der Waals surface area contributed by atoms with Gasteiger partial charge in [-0.2, -0.15) is 13.2 Å². The third-order valence-electron chi connectivity index (χ3n) is 2.48. The van der Waals surface area contributed by atoms with Gasteiger partial charge >= 0.3 is 6.18 Å². The first-order valence-corrected chi connectivity index (χ1v) is 5.08. The van der Waals surface area contributed by atoms with Crippen LogP contribution in [0.2, 0.25) is 0 Å². The fraction of sp³-hybridized carbons (Fsp3) is 0.364. The molecule has 18 heavy (non-hydrogen) atoms. The molecule has 0 spiro atoms. The predicted octanol–water partition coefficient (Wildman–Crippen LogP) is 3.38. The number of hydrogen-bond acceptors (Lipinski definition) is 3. The number of hydrogen-bond donors (Lipinski definition) is 0. The van der Waals surface area contributed by atoms with Crippen molar-refractivity contribution >= 4 is 11.5 Å². The lowest BCUT2D eigenvalue weighted by molar-refractivity contribution is -0.385. The minimum absolute atomic E-state index is 0.0441. The lowest BCUT2D eigenvalue weighted by atomic mass is 9.98. The van der Waals surface area contributed by atoms with Crippen LogP contribution in [-0.2, 0) is 12.6 Å². The number of nitro benzene ring substituents is 1. The van der Waals surface area contributed by atoms with Gasteiger partial charge < -0.3 is 0 Å². The zero-order valence-corrected chi connectivity index (χ0v) is 9.67. The quantitative estimate of drug-likeness (QED) is 0.476. The van der Waals surface area contributed by atoms with Gasteiger partial charge in [0.2, 0.25) is 0 Å². The van der Waals surface area contributed by atoms with Crippen LogP contribution < -0.4 is 0 Å². The average molecular weight is 261 g/mol. The van der Waals surface area contributed by atoms with Crippen molar-refractivity contribution in [2.45, 2.75) is 26.4 Å². The molecule has 0 unspecified atom stereocenters. The summed E-state index contributed by atoms with van der Waals surface area (Å²) in [6.07, 6.45) is -4.63. The third-order valence-corrected chi connectivity index (χ3v) is 2.48. The number of Topliss-reactive ketones (excluding diaryl/α,β-unsaturated/α-hetero) is 1. The zero-order chi connectivity index (χ0) is 14.1. The first-order chi connectivity index (χ1) is 8.18. The lowest BCUT2D eigenvalue weighted by Crippen LogP contribution is -2.13. The molecule has 0 aliphatic heterocycles. The first-order valence-electron chi connectivity index (χ1n) is 5.08. The number of aryl methyl sites for hydroxylation is 1. The minimum Gasteiger partial charge on any atom is -0.294 e. The number of alkyl halides is 3. The van der Waals surface area contributed by atoms with E-state index in [4.69, 9.17) is 0 Å². The van der Waals surface area contributed by atoms with Crippen molar-refractivity contribution in [1.82, 2.24) is 0 Å². The predicted molar refractivity (Wildman–Crippen MR) is 57.5 cm³/mol. The minimum atomic E-state index is -4.71. The van der Waals surface area contributed by atoms with Gasteiger partial charge in [-0.15, -0.1) is 0 Å². The molecule has 0 radical (unpaired) electrons. The van der Waals surface area contributed by atoms with Gasteiger partial charge in [0, 0.05) is 17.2 Å². The van der Waals surface area contributed by atoms with Gasteiger partial charge in [-0.05, 0) is 19.4 Å². The van der Waals surface area contributed by atoms with Crippen molar-refractivity contribution in [1.29, 1.82) is 0 Å². The van der Waals surface area contributed by atoms with E-state index in [2.05, 4.69) is 0 Å². The number of nitro groups is 1. The van der Waals surface area contributed by atoms with Crippen LogP contribution in [0, 0.1) is 10.1 Å². The summed E-state index contributed by atoms with van der Waals surface area (Å²) in [5, 5.41) is 10.7. The molecule has 0 heterocycles. The van der Waals surface area contributed by atoms with Gasteiger partial charge in [-0.1, -0.05) is 6.92 Å². The van der Waals surface area contributed by atoms with Crippen molar-refractivity contribution in [2.24, 2.45) is 0 Å². The molecular formula is C11H10F3NO3. The van der Waals surface area contributed by atoms with Crippen molar-refractivity contribution < 1.29 is 22.9 Å². The van der Waals surface area contributed by atoms with Crippen LogP contribution in [0.15, 0.2) is 12.1 Å². The molecule has 0 aromatic heterocycles. The molecule has 1 rings (SSSR count). The first kappa shape index (κ1) is 14.1. The Bertz CT molecular complexity index is 509. The number of benzene rings is 1. The Morgan fingerprint density at radius 3 is 2.28 bits per heavy atom. The lowest BCUT2D eigenvalue weighted by Gasteiger charge is -2.12. The molecule has 0 amide bonds. The number of rotatable bonds is 3. The Hall–Kier alpha value is -1.92. The topological polar surface area (TPSA) is 60.2 Å². The second kappa shape index (κ2) is 4.75. The molecule has 1 aromatic rings. The molecule has 0 atom stereocenters. The number of carbonyl (C=O) groups excluding carboxylic acids is 1. The van der Waals surface area contributed by atoms with Crippen LogP contribution >= 0.6 is 0 Å². The van der Waals surface area contributed by atoms with E-state index in [-0.39, 0.29) is 12.0 Å². The van der Waals surface area contributed by atoms with Crippen molar-refractivity contribution in [2.75, 3.05) is 0 Å². The summed E-state index contributed by atoms with van der Waals surface area (Å²) in [4.78, 5) is 21.1. The van der Waals surface area contributed by atoms with Gasteiger partial charge in [0.15, 0.2) is 5.78 Å². The fourth-order valence-electron chi connectivity index (χ4n) is 1.61. The Morgan fingerprint density at radius 1 is 1.39 bits per heavy atom. The molecule has 98 valence electrons. The molecule has 1 aromatic carbocycles. The maximum absolute atomic E-state index is 12.7. The van der Waals surface area contributed by atoms with Gasteiger partial charge in [-0.25, -0.2) is 0 Å². The number of halogens is 3. The van der Waals surface area contributed by atoms with Gasteiger partial charge in [0.05, 0.1) is 10.5 Å². The third kappa shape index (κ3) is 2.66. The maximum Gasteiger partial charge on any atom is 0.417 e. The summed E-state index contributed by atoms with van der Waals surface area (Å²) < 4.78 is 38.2. The summed E-state index contributed by atoms with van der Waals surface area (Å²) in [7, 11) is 0. The molecule has 0 aliphatic carbocycles. The van der Waals surface area contributed by atoms with Crippen LogP contribution in [0.4, 0.5) is 18.9 Å². The fourth-order valence-corrected chi connectivity index (χ4v) is 1.61. The molecule has 0 N–H and O–H groups in total. The second-order valence-corrected chi connectivity index (χ2v) is 3.69. The highest BCUT2D eigenvalue weighted by molar-refractivity contribution is 5.96. The van der Waals surface area contributed by atoms with E-state index in [9.17, 15) is 28.1 Å². The standard InChI is InChI=1S/C11H10F3NO3/c1-3-7-4-9(11(12,13)14)8(6(2)16)5-10(7)15(17)18/h4-5H,3H2,1-2H3. The molecule has 0 aliphatic rings. The molecular weight excluding hydrogens is 251 g/mol. The molecule has 0 saturated heterocycles. The van der Waals surface area contributed by atoms with E-state index >= 15 is 0 Å². The van der Waals surface area contributed by atoms with Crippen molar-refractivity contribution in [3.05, 3.63) is 38.9 Å². The van der Waals surface area contributed by atoms with E-state index in [1.807, 2.05) is 0 Å². The normalized spacial score (nSPS) is 11.4. The maximum atomic E-state index is 12.7. The van der Waals surface area contributed by atoms with Gasteiger partial charge in [0.1, 0.15) is 0 Å². The molecule has 0 bridgehead atoms. The zero-order valence-electron chi connectivity index (χ0n) is 9.67. The Labute approximate surface area is 101 Å². The van der Waals surface area contributed by atoms with E-state index in [1.165, 1.54) is 6.92 Å². The summed E-state index contributed by atoms with van der Waals surface area (Å²) in [6, 6.07) is 1.37. The summed E-state index contributed by atoms with van der Waals surface area (Å²) in [5.41, 5.74) is -2.31. The molecule has 4 nitrogen and oxygen atoms in total. The highest BCUT2D eigenvalue weighted by Gasteiger charge is 2.36. The Balaban J connectivity index is 3.63. The highest BCUT2D eigenvalue weighted by Crippen LogP contribution is 2.36.